The summed E-state index contributed by atoms with van der Waals surface area (Å²) in [4.78, 5) is 14.2. The standard InChI is InChI=1S/C25H25FN6/c26-19-8-6-18(7-9-19)24-25(32(17-29-24)22-11-13-27-14-12-22)31-21-10-15-28-23(16-21)30-20-4-2-1-3-5-20/h1-10,15,17,22,27H,11-14,16H2,(H,28,30). The number of hydrogen-bond donors (Lipinski definition) is 2. The molecule has 2 aromatic carbocycles. The van der Waals surface area contributed by atoms with Crippen molar-refractivity contribution in [2.24, 2.45) is 9.98 Å². The highest BCUT2D eigenvalue weighted by molar-refractivity contribution is 6.15. The number of para-hydroxylation sites is 1. The van der Waals surface area contributed by atoms with Gasteiger partial charge in [-0.05, 0) is 68.4 Å². The number of nitrogens with zero attached hydrogens (tertiary/aromatic N) is 4. The summed E-state index contributed by atoms with van der Waals surface area (Å²) in [5.41, 5.74) is 3.52. The number of piperidine rings is 1. The van der Waals surface area contributed by atoms with Crippen LogP contribution in [0, 0.1) is 5.82 Å². The van der Waals surface area contributed by atoms with Crippen LogP contribution in [-0.4, -0.2) is 34.2 Å². The lowest BCUT2D eigenvalue weighted by atomic mass is 10.1. The Balaban J connectivity index is 1.47. The predicted octanol–water partition coefficient (Wildman–Crippen LogP) is 5.11. The van der Waals surface area contributed by atoms with Crippen molar-refractivity contribution in [3.8, 4) is 11.3 Å². The van der Waals surface area contributed by atoms with Crippen LogP contribution in [-0.2, 0) is 0 Å². The number of aromatic nitrogens is 2. The highest BCUT2D eigenvalue weighted by Crippen LogP contribution is 2.34. The Kier molecular flexibility index (Phi) is 5.89. The maximum absolute atomic E-state index is 13.5. The molecule has 0 saturated carbocycles. The van der Waals surface area contributed by atoms with Crippen LogP contribution in [0.2, 0.25) is 0 Å². The van der Waals surface area contributed by atoms with E-state index in [1.54, 1.807) is 18.3 Å². The topological polar surface area (TPSA) is 66.6 Å². The number of allylic oxidation sites excluding steroid dienone is 1. The van der Waals surface area contributed by atoms with Crippen LogP contribution in [0.4, 0.5) is 15.9 Å². The summed E-state index contributed by atoms with van der Waals surface area (Å²) in [6.07, 6.45) is 8.22. The minimum absolute atomic E-state index is 0.262. The fraction of sp³-hybridized carbons (Fsp3) is 0.240. The lowest BCUT2D eigenvalue weighted by Gasteiger charge is -2.25. The third-order valence-corrected chi connectivity index (χ3v) is 5.75. The molecule has 3 heterocycles. The predicted molar refractivity (Wildman–Crippen MR) is 127 cm³/mol. The molecule has 3 aromatic rings. The third kappa shape index (κ3) is 4.53. The van der Waals surface area contributed by atoms with E-state index < -0.39 is 0 Å². The van der Waals surface area contributed by atoms with Crippen LogP contribution in [0.15, 0.2) is 83.2 Å². The zero-order chi connectivity index (χ0) is 21.8. The lowest BCUT2D eigenvalue weighted by Crippen LogP contribution is -2.29. The molecule has 0 atom stereocenters. The number of rotatable bonds is 4. The smallest absolute Gasteiger partial charge is 0.160 e. The number of anilines is 1. The summed E-state index contributed by atoms with van der Waals surface area (Å²) in [7, 11) is 0. The molecule has 1 saturated heterocycles. The molecule has 0 bridgehead atoms. The first-order valence-corrected chi connectivity index (χ1v) is 10.9. The first-order chi connectivity index (χ1) is 15.8. The minimum Gasteiger partial charge on any atom is -0.343 e. The summed E-state index contributed by atoms with van der Waals surface area (Å²) in [6.45, 7) is 1.95. The number of benzene rings is 2. The summed E-state index contributed by atoms with van der Waals surface area (Å²) in [5, 5.41) is 6.78. The second-order valence-corrected chi connectivity index (χ2v) is 7.97. The van der Waals surface area contributed by atoms with Gasteiger partial charge in [0, 0.05) is 29.9 Å². The Labute approximate surface area is 186 Å². The van der Waals surface area contributed by atoms with Gasteiger partial charge in [-0.15, -0.1) is 0 Å². The average molecular weight is 429 g/mol. The summed E-state index contributed by atoms with van der Waals surface area (Å²) in [6, 6.07) is 16.8. The van der Waals surface area contributed by atoms with Gasteiger partial charge in [0.25, 0.3) is 0 Å². The SMILES string of the molecule is Fc1ccc(-c2ncn(C3CCNCC3)c2N=C2C=CN=C(Nc3ccccc3)C2)cc1. The largest absolute Gasteiger partial charge is 0.343 e. The molecule has 2 aliphatic heterocycles. The highest BCUT2D eigenvalue weighted by Gasteiger charge is 2.22. The van der Waals surface area contributed by atoms with E-state index in [1.807, 2.05) is 42.7 Å². The first-order valence-electron chi connectivity index (χ1n) is 10.9. The Morgan fingerprint density at radius 1 is 1.03 bits per heavy atom. The van der Waals surface area contributed by atoms with E-state index in [0.29, 0.717) is 12.5 Å². The normalized spacial score (nSPS) is 18.0. The second-order valence-electron chi connectivity index (χ2n) is 7.97. The van der Waals surface area contributed by atoms with Gasteiger partial charge in [-0.3, -0.25) is 0 Å². The van der Waals surface area contributed by atoms with E-state index in [-0.39, 0.29) is 5.82 Å². The zero-order valence-corrected chi connectivity index (χ0v) is 17.7. The van der Waals surface area contributed by atoms with Crippen molar-refractivity contribution in [2.75, 3.05) is 18.4 Å². The third-order valence-electron chi connectivity index (χ3n) is 5.75. The summed E-state index contributed by atoms with van der Waals surface area (Å²) < 4.78 is 15.7. The van der Waals surface area contributed by atoms with Crippen molar-refractivity contribution < 1.29 is 4.39 Å². The van der Waals surface area contributed by atoms with Crippen LogP contribution < -0.4 is 10.6 Å². The van der Waals surface area contributed by atoms with Gasteiger partial charge in [0.2, 0.25) is 0 Å². The van der Waals surface area contributed by atoms with E-state index >= 15 is 0 Å². The first kappa shape index (κ1) is 20.3. The summed E-state index contributed by atoms with van der Waals surface area (Å²) in [5.74, 6) is 1.39. The molecular formula is C25H25FN6. The van der Waals surface area contributed by atoms with Crippen molar-refractivity contribution in [1.82, 2.24) is 14.9 Å². The molecule has 0 aliphatic carbocycles. The van der Waals surface area contributed by atoms with E-state index in [1.165, 1.54) is 12.1 Å². The van der Waals surface area contributed by atoms with E-state index in [4.69, 9.17) is 4.99 Å². The number of imidazole rings is 1. The zero-order valence-electron chi connectivity index (χ0n) is 17.7. The molecular weight excluding hydrogens is 403 g/mol. The number of aliphatic imine (C=N–C) groups is 2. The van der Waals surface area contributed by atoms with Gasteiger partial charge in [0.05, 0.1) is 12.0 Å². The van der Waals surface area contributed by atoms with Gasteiger partial charge in [-0.25, -0.2) is 19.4 Å². The molecule has 5 rings (SSSR count). The Morgan fingerprint density at radius 2 is 1.81 bits per heavy atom. The molecule has 0 radical (unpaired) electrons. The number of nitrogens with one attached hydrogen (secondary N) is 2. The molecule has 2 aliphatic rings. The quantitative estimate of drug-likeness (QED) is 0.607. The second kappa shape index (κ2) is 9.28. The minimum atomic E-state index is -0.262. The molecule has 32 heavy (non-hydrogen) atoms. The molecule has 0 amide bonds. The van der Waals surface area contributed by atoms with Crippen molar-refractivity contribution in [3.63, 3.8) is 0 Å². The Bertz CT molecular complexity index is 1150. The van der Waals surface area contributed by atoms with Gasteiger partial charge in [0.15, 0.2) is 5.82 Å². The molecule has 7 heteroatoms. The van der Waals surface area contributed by atoms with Gasteiger partial charge in [0.1, 0.15) is 17.3 Å². The summed E-state index contributed by atoms with van der Waals surface area (Å²) >= 11 is 0. The number of halogens is 1. The van der Waals surface area contributed by atoms with Crippen molar-refractivity contribution in [1.29, 1.82) is 0 Å². The Morgan fingerprint density at radius 3 is 2.59 bits per heavy atom. The van der Waals surface area contributed by atoms with Crippen molar-refractivity contribution in [2.45, 2.75) is 25.3 Å². The maximum atomic E-state index is 13.5. The maximum Gasteiger partial charge on any atom is 0.160 e. The van der Waals surface area contributed by atoms with E-state index in [9.17, 15) is 4.39 Å². The van der Waals surface area contributed by atoms with Gasteiger partial charge < -0.3 is 15.2 Å². The molecule has 2 N–H and O–H groups in total. The molecule has 6 nitrogen and oxygen atoms in total. The van der Waals surface area contributed by atoms with Crippen LogP contribution in [0.25, 0.3) is 11.3 Å². The van der Waals surface area contributed by atoms with Gasteiger partial charge in [-0.1, -0.05) is 18.2 Å². The average Bonchev–Trinajstić information content (AvgIpc) is 3.24. The number of hydrogen-bond acceptors (Lipinski definition) is 5. The molecule has 0 spiro atoms. The fourth-order valence-electron chi connectivity index (χ4n) is 4.10. The Hall–Kier alpha value is -3.58. The van der Waals surface area contributed by atoms with Crippen LogP contribution in [0.1, 0.15) is 25.3 Å². The highest BCUT2D eigenvalue weighted by atomic mass is 19.1. The fourth-order valence-corrected chi connectivity index (χ4v) is 4.10. The van der Waals surface area contributed by atoms with E-state index in [2.05, 4.69) is 25.2 Å². The van der Waals surface area contributed by atoms with Crippen molar-refractivity contribution in [3.05, 3.63) is 79.0 Å². The monoisotopic (exact) mass is 428 g/mol. The lowest BCUT2D eigenvalue weighted by molar-refractivity contribution is 0.370. The molecule has 1 aromatic heterocycles. The number of amidine groups is 1. The van der Waals surface area contributed by atoms with Gasteiger partial charge >= 0.3 is 0 Å². The molecule has 162 valence electrons. The van der Waals surface area contributed by atoms with Crippen LogP contribution in [0.3, 0.4) is 0 Å². The van der Waals surface area contributed by atoms with Crippen LogP contribution in [0.5, 0.6) is 0 Å². The van der Waals surface area contributed by atoms with E-state index in [0.717, 1.165) is 60.2 Å². The van der Waals surface area contributed by atoms with Crippen LogP contribution >= 0.6 is 0 Å². The van der Waals surface area contributed by atoms with Gasteiger partial charge in [-0.2, -0.15) is 0 Å². The molecule has 1 fully saturated rings. The van der Waals surface area contributed by atoms with Crippen molar-refractivity contribution >= 4 is 23.1 Å². The molecule has 0 unspecified atom stereocenters.